The van der Waals surface area contributed by atoms with Gasteiger partial charge in [0.1, 0.15) is 18.2 Å². The summed E-state index contributed by atoms with van der Waals surface area (Å²) in [5.41, 5.74) is 2.70. The molecular weight excluding hydrogens is 343 g/mol. The first-order chi connectivity index (χ1) is 12.2. The number of rotatable bonds is 4. The molecule has 0 spiro atoms. The van der Waals surface area contributed by atoms with Crippen molar-refractivity contribution in [3.8, 4) is 33.8 Å². The van der Waals surface area contributed by atoms with Crippen LogP contribution in [0.5, 0.6) is 16.6 Å². The Labute approximate surface area is 146 Å². The minimum Gasteiger partial charge on any atom is -0.478 e. The summed E-state index contributed by atoms with van der Waals surface area (Å²) in [6.45, 7) is 0.361. The van der Waals surface area contributed by atoms with Crippen molar-refractivity contribution in [1.82, 2.24) is 4.98 Å². The van der Waals surface area contributed by atoms with E-state index in [2.05, 4.69) is 11.1 Å². The molecule has 4 rings (SSSR count). The molecule has 0 N–H and O–H groups in total. The van der Waals surface area contributed by atoms with Crippen molar-refractivity contribution in [2.24, 2.45) is 0 Å². The highest BCUT2D eigenvalue weighted by molar-refractivity contribution is 7.12. The summed E-state index contributed by atoms with van der Waals surface area (Å²) in [7, 11) is 0. The zero-order valence-electron chi connectivity index (χ0n) is 12.9. The summed E-state index contributed by atoms with van der Waals surface area (Å²) in [4.78, 5) is 3.51. The van der Waals surface area contributed by atoms with Crippen LogP contribution in [0, 0.1) is 17.3 Å². The van der Waals surface area contributed by atoms with Gasteiger partial charge in [-0.05, 0) is 35.4 Å². The first-order valence-electron chi connectivity index (χ1n) is 7.39. The Kier molecular flexibility index (Phi) is 3.96. The van der Waals surface area contributed by atoms with Crippen LogP contribution in [0.15, 0.2) is 41.9 Å². The van der Waals surface area contributed by atoms with Crippen LogP contribution in [-0.4, -0.2) is 11.8 Å². The Morgan fingerprint density at radius 1 is 1.24 bits per heavy atom. The molecule has 2 aromatic heterocycles. The molecule has 0 amide bonds. The summed E-state index contributed by atoms with van der Waals surface area (Å²) in [6, 6.07) is 10.7. The predicted molar refractivity (Wildman–Crippen MR) is 89.1 cm³/mol. The largest absolute Gasteiger partial charge is 0.478 e. The molecule has 1 aliphatic heterocycles. The fraction of sp³-hybridized carbons (Fsp3) is 0.111. The molecule has 5 nitrogen and oxygen atoms in total. The second kappa shape index (κ2) is 6.42. The zero-order valence-corrected chi connectivity index (χ0v) is 13.7. The monoisotopic (exact) mass is 354 g/mol. The number of fused-ring (bicyclic) bond motifs is 1. The van der Waals surface area contributed by atoms with Crippen LogP contribution in [0.1, 0.15) is 11.1 Å². The van der Waals surface area contributed by atoms with Crippen molar-refractivity contribution >= 4 is 11.3 Å². The van der Waals surface area contributed by atoms with Gasteiger partial charge in [-0.25, -0.2) is 4.98 Å². The maximum absolute atomic E-state index is 13.1. The normalized spacial score (nSPS) is 12.0. The molecule has 0 saturated carbocycles. The number of hydrogen-bond acceptors (Lipinski definition) is 6. The van der Waals surface area contributed by atoms with Gasteiger partial charge in [-0.2, -0.15) is 9.65 Å². The van der Waals surface area contributed by atoms with Crippen LogP contribution in [0.4, 0.5) is 4.39 Å². The van der Waals surface area contributed by atoms with E-state index in [1.807, 2.05) is 23.6 Å². The van der Waals surface area contributed by atoms with Crippen molar-refractivity contribution in [3.63, 3.8) is 0 Å². The Morgan fingerprint density at radius 3 is 2.96 bits per heavy atom. The molecule has 0 aliphatic carbocycles. The lowest BCUT2D eigenvalue weighted by atomic mass is 10.0. The first-order valence-corrected chi connectivity index (χ1v) is 8.27. The summed E-state index contributed by atoms with van der Waals surface area (Å²) in [5.74, 6) is 0.782. The van der Waals surface area contributed by atoms with Crippen LogP contribution < -0.4 is 14.2 Å². The minimum absolute atomic E-state index is 0.162. The average Bonchev–Trinajstić information content (AvgIpc) is 3.25. The molecule has 3 aromatic rings. The average molecular weight is 354 g/mol. The van der Waals surface area contributed by atoms with E-state index in [9.17, 15) is 9.65 Å². The Morgan fingerprint density at radius 2 is 2.12 bits per heavy atom. The molecule has 0 fully saturated rings. The zero-order chi connectivity index (χ0) is 17.2. The van der Waals surface area contributed by atoms with Crippen molar-refractivity contribution < 1.29 is 18.6 Å². The quantitative estimate of drug-likeness (QED) is 0.659. The number of benzene rings is 1. The van der Waals surface area contributed by atoms with E-state index in [1.54, 1.807) is 6.07 Å². The summed E-state index contributed by atoms with van der Waals surface area (Å²) < 4.78 is 29.5. The van der Waals surface area contributed by atoms with E-state index in [4.69, 9.17) is 14.2 Å². The lowest BCUT2D eigenvalue weighted by Crippen LogP contribution is -1.97. The summed E-state index contributed by atoms with van der Waals surface area (Å²) in [6.07, 6.45) is 1.38. The molecule has 1 aromatic carbocycles. The number of pyridine rings is 1. The third-order valence-corrected chi connectivity index (χ3v) is 4.60. The van der Waals surface area contributed by atoms with Gasteiger partial charge in [-0.15, -0.1) is 11.3 Å². The second-order valence-corrected chi connectivity index (χ2v) is 6.11. The number of halogens is 1. The topological polar surface area (TPSA) is 64.4 Å². The molecular formula is C18H11FN2O3S. The SMILES string of the molecule is N#Cc1c(-c2ccc3c(c2)OCO3)csc1OCc1ccnc(F)c1. The maximum Gasteiger partial charge on any atom is 0.231 e. The molecule has 0 saturated heterocycles. The van der Waals surface area contributed by atoms with Gasteiger partial charge in [0.2, 0.25) is 12.7 Å². The third-order valence-electron chi connectivity index (χ3n) is 3.71. The summed E-state index contributed by atoms with van der Waals surface area (Å²) in [5, 5.41) is 11.9. The van der Waals surface area contributed by atoms with Crippen molar-refractivity contribution in [2.75, 3.05) is 6.79 Å². The molecule has 7 heteroatoms. The van der Waals surface area contributed by atoms with E-state index < -0.39 is 5.95 Å². The van der Waals surface area contributed by atoms with Crippen molar-refractivity contribution in [3.05, 3.63) is 59.0 Å². The van der Waals surface area contributed by atoms with Gasteiger partial charge in [0.15, 0.2) is 16.6 Å². The van der Waals surface area contributed by atoms with E-state index in [0.29, 0.717) is 27.7 Å². The molecule has 124 valence electrons. The summed E-state index contributed by atoms with van der Waals surface area (Å²) >= 11 is 1.33. The van der Waals surface area contributed by atoms with E-state index in [-0.39, 0.29) is 13.4 Å². The first kappa shape index (κ1) is 15.4. The standard InChI is InChI=1S/C18H11FN2O3S/c19-17-5-11(3-4-21-17)8-22-18-13(7-20)14(9-25-18)12-1-2-15-16(6-12)24-10-23-15/h1-6,9H,8,10H2. The highest BCUT2D eigenvalue weighted by Crippen LogP contribution is 2.41. The highest BCUT2D eigenvalue weighted by atomic mass is 32.1. The van der Waals surface area contributed by atoms with E-state index >= 15 is 0 Å². The number of nitrogens with zero attached hydrogens (tertiary/aromatic N) is 2. The molecule has 3 heterocycles. The van der Waals surface area contributed by atoms with Gasteiger partial charge in [-0.3, -0.25) is 0 Å². The van der Waals surface area contributed by atoms with E-state index in [1.165, 1.54) is 23.6 Å². The van der Waals surface area contributed by atoms with E-state index in [0.717, 1.165) is 11.1 Å². The van der Waals surface area contributed by atoms with Gasteiger partial charge in [-0.1, -0.05) is 6.07 Å². The second-order valence-electron chi connectivity index (χ2n) is 5.27. The molecule has 0 bridgehead atoms. The van der Waals surface area contributed by atoms with Gasteiger partial charge >= 0.3 is 0 Å². The Balaban J connectivity index is 1.60. The predicted octanol–water partition coefficient (Wildman–Crippen LogP) is 4.13. The Hall–Kier alpha value is -3.11. The number of ether oxygens (including phenoxy) is 3. The minimum atomic E-state index is -0.561. The molecule has 0 unspecified atom stereocenters. The number of thiophene rings is 1. The highest BCUT2D eigenvalue weighted by Gasteiger charge is 2.18. The van der Waals surface area contributed by atoms with Gasteiger partial charge in [0.05, 0.1) is 0 Å². The molecule has 0 radical (unpaired) electrons. The van der Waals surface area contributed by atoms with Crippen LogP contribution in [0.2, 0.25) is 0 Å². The van der Waals surface area contributed by atoms with Crippen molar-refractivity contribution in [2.45, 2.75) is 6.61 Å². The van der Waals surface area contributed by atoms with Crippen LogP contribution in [-0.2, 0) is 6.61 Å². The van der Waals surface area contributed by atoms with Gasteiger partial charge < -0.3 is 14.2 Å². The number of aromatic nitrogens is 1. The van der Waals surface area contributed by atoms with Gasteiger partial charge in [0, 0.05) is 17.1 Å². The van der Waals surface area contributed by atoms with Crippen LogP contribution >= 0.6 is 11.3 Å². The Bertz CT molecular complexity index is 981. The molecule has 1 aliphatic rings. The third kappa shape index (κ3) is 2.99. The number of hydrogen-bond donors (Lipinski definition) is 0. The smallest absolute Gasteiger partial charge is 0.231 e. The van der Waals surface area contributed by atoms with Crippen LogP contribution in [0.25, 0.3) is 11.1 Å². The molecule has 0 atom stereocenters. The van der Waals surface area contributed by atoms with Crippen LogP contribution in [0.3, 0.4) is 0 Å². The van der Waals surface area contributed by atoms with Crippen molar-refractivity contribution in [1.29, 1.82) is 5.26 Å². The maximum atomic E-state index is 13.1. The lowest BCUT2D eigenvalue weighted by Gasteiger charge is -2.05. The molecule has 25 heavy (non-hydrogen) atoms. The fourth-order valence-electron chi connectivity index (χ4n) is 2.51. The lowest BCUT2D eigenvalue weighted by molar-refractivity contribution is 0.174. The fourth-order valence-corrected chi connectivity index (χ4v) is 3.39. The van der Waals surface area contributed by atoms with Gasteiger partial charge in [0.25, 0.3) is 0 Å². The number of nitriles is 1.